The van der Waals surface area contributed by atoms with Crippen LogP contribution in [0.3, 0.4) is 0 Å². The third-order valence-electron chi connectivity index (χ3n) is 7.59. The van der Waals surface area contributed by atoms with Gasteiger partial charge in [-0.05, 0) is 78.0 Å². The van der Waals surface area contributed by atoms with Crippen LogP contribution >= 0.6 is 0 Å². The van der Waals surface area contributed by atoms with Gasteiger partial charge in [-0.25, -0.2) is 4.98 Å². The summed E-state index contributed by atoms with van der Waals surface area (Å²) in [6, 6.07) is 0. The second-order valence-electron chi connectivity index (χ2n) is 10.7. The molecule has 6 N–H and O–H groups in total. The number of aromatic nitrogens is 2. The van der Waals surface area contributed by atoms with Crippen LogP contribution in [-0.2, 0) is 19.1 Å². The van der Waals surface area contributed by atoms with Gasteiger partial charge in [0.25, 0.3) is 5.56 Å². The van der Waals surface area contributed by atoms with Crippen LogP contribution in [0.5, 0.6) is 0 Å². The first-order chi connectivity index (χ1) is 20.0. The molecule has 2 unspecified atom stereocenters. The van der Waals surface area contributed by atoms with Gasteiger partial charge in [-0.3, -0.25) is 19.4 Å². The number of aliphatic hydroxyl groups excluding tert-OH is 2. The fourth-order valence-electron chi connectivity index (χ4n) is 4.98. The summed E-state index contributed by atoms with van der Waals surface area (Å²) in [5, 5.41) is 23.4. The number of nitrogens with one attached hydrogen (secondary N) is 2. The molecule has 13 nitrogen and oxygen atoms in total. The van der Waals surface area contributed by atoms with Crippen LogP contribution in [0.15, 0.2) is 16.4 Å². The van der Waals surface area contributed by atoms with Crippen LogP contribution < -0.4 is 16.6 Å². The van der Waals surface area contributed by atoms with Crippen molar-refractivity contribution in [2.45, 2.75) is 91.1 Å². The van der Waals surface area contributed by atoms with Gasteiger partial charge in [0.05, 0.1) is 5.69 Å². The second-order valence-corrected chi connectivity index (χ2v) is 10.7. The molecule has 1 aliphatic heterocycles. The predicted octanol–water partition coefficient (Wildman–Crippen LogP) is 1.19. The van der Waals surface area contributed by atoms with Gasteiger partial charge in [0, 0.05) is 12.5 Å². The molecule has 1 saturated heterocycles. The summed E-state index contributed by atoms with van der Waals surface area (Å²) < 4.78 is 11.0. The quantitative estimate of drug-likeness (QED) is 0.0935. The Bertz CT molecular complexity index is 1090. The van der Waals surface area contributed by atoms with Crippen molar-refractivity contribution >= 4 is 23.5 Å². The molecule has 2 rings (SSSR count). The van der Waals surface area contributed by atoms with E-state index in [9.17, 15) is 24.6 Å². The molecule has 1 fully saturated rings. The topological polar surface area (TPSA) is 183 Å². The number of hydrogen-bond donors (Lipinski definition) is 5. The van der Waals surface area contributed by atoms with E-state index in [1.807, 2.05) is 0 Å². The summed E-state index contributed by atoms with van der Waals surface area (Å²) in [6.07, 6.45) is 0.636. The van der Waals surface area contributed by atoms with E-state index < -0.39 is 35.9 Å². The molecule has 0 aliphatic carbocycles. The Hall–Kier alpha value is -2.84. The van der Waals surface area contributed by atoms with Crippen LogP contribution in [0.2, 0.25) is 0 Å². The van der Waals surface area contributed by atoms with Crippen molar-refractivity contribution in [3.63, 3.8) is 0 Å². The largest absolute Gasteiger partial charge is 0.463 e. The third kappa shape index (κ3) is 11.1. The highest BCUT2D eigenvalue weighted by Crippen LogP contribution is 2.27. The number of anilines is 2. The number of unbranched alkanes of at least 4 members (excludes halogenated alkanes) is 2. The number of esters is 1. The van der Waals surface area contributed by atoms with Crippen LogP contribution in [0.25, 0.3) is 0 Å². The second kappa shape index (κ2) is 18.0. The Morgan fingerprint density at radius 2 is 1.69 bits per heavy atom. The Kier molecular flexibility index (Phi) is 15.1. The van der Waals surface area contributed by atoms with E-state index in [-0.39, 0.29) is 36.3 Å². The highest BCUT2D eigenvalue weighted by atomic mass is 16.6. The van der Waals surface area contributed by atoms with Crippen molar-refractivity contribution < 1.29 is 29.3 Å². The van der Waals surface area contributed by atoms with Gasteiger partial charge in [0.2, 0.25) is 11.9 Å². The lowest BCUT2D eigenvalue weighted by atomic mass is 10.0. The number of nitrogens with two attached hydrogens (primary N) is 1. The average molecular weight is 595 g/mol. The van der Waals surface area contributed by atoms with Crippen molar-refractivity contribution in [2.24, 2.45) is 0 Å². The number of H-pyrrole nitrogens is 1. The molecule has 2 heterocycles. The Labute approximate surface area is 248 Å². The van der Waals surface area contributed by atoms with E-state index in [1.54, 1.807) is 6.92 Å². The molecule has 0 radical (unpaired) electrons. The Balaban J connectivity index is 1.72. The third-order valence-corrected chi connectivity index (χ3v) is 7.59. The zero-order chi connectivity index (χ0) is 31.2. The Morgan fingerprint density at radius 3 is 2.33 bits per heavy atom. The molecule has 0 spiro atoms. The van der Waals surface area contributed by atoms with Gasteiger partial charge >= 0.3 is 5.97 Å². The van der Waals surface area contributed by atoms with E-state index in [2.05, 4.69) is 45.9 Å². The number of carbonyl (C=O) groups is 2. The molecule has 238 valence electrons. The maximum absolute atomic E-state index is 12.5. The van der Waals surface area contributed by atoms with Crippen molar-refractivity contribution in [3.05, 3.63) is 27.7 Å². The lowest BCUT2D eigenvalue weighted by Gasteiger charge is -2.23. The van der Waals surface area contributed by atoms with Crippen molar-refractivity contribution in [1.29, 1.82) is 0 Å². The normalized spacial score (nSPS) is 20.8. The number of aromatic amines is 1. The van der Waals surface area contributed by atoms with Gasteiger partial charge in [-0.15, -0.1) is 0 Å². The molecular weight excluding hydrogens is 544 g/mol. The molecule has 1 aromatic rings. The van der Waals surface area contributed by atoms with E-state index in [1.165, 1.54) is 6.92 Å². The summed E-state index contributed by atoms with van der Waals surface area (Å²) in [5.74, 6) is -1.10. The number of aryl methyl sites for hydroxylation is 1. The van der Waals surface area contributed by atoms with E-state index >= 15 is 0 Å². The molecule has 1 amide bonds. The maximum atomic E-state index is 12.5. The highest BCUT2D eigenvalue weighted by Gasteiger charge is 2.44. The number of aliphatic hydroxyl groups is 2. The summed E-state index contributed by atoms with van der Waals surface area (Å²) in [6.45, 7) is 15.8. The number of carbonyl (C=O) groups excluding carboxylic acids is 2. The van der Waals surface area contributed by atoms with Crippen molar-refractivity contribution in [1.82, 2.24) is 19.8 Å². The first-order valence-electron chi connectivity index (χ1n) is 15.0. The van der Waals surface area contributed by atoms with E-state index in [0.717, 1.165) is 64.6 Å². The lowest BCUT2D eigenvalue weighted by molar-refractivity contribution is -0.149. The van der Waals surface area contributed by atoms with Crippen LogP contribution in [0, 0.1) is 6.92 Å². The summed E-state index contributed by atoms with van der Waals surface area (Å²) in [7, 11) is 0. The maximum Gasteiger partial charge on any atom is 0.305 e. The number of amides is 1. The summed E-state index contributed by atoms with van der Waals surface area (Å²) in [5.41, 5.74) is 5.41. The monoisotopic (exact) mass is 594 g/mol. The molecule has 4 atom stereocenters. The first-order valence-corrected chi connectivity index (χ1v) is 15.0. The lowest BCUT2D eigenvalue weighted by Crippen LogP contribution is -2.35. The van der Waals surface area contributed by atoms with Crippen molar-refractivity contribution in [2.75, 3.05) is 56.9 Å². The number of ether oxygens (including phenoxy) is 2. The van der Waals surface area contributed by atoms with Crippen molar-refractivity contribution in [3.8, 4) is 0 Å². The summed E-state index contributed by atoms with van der Waals surface area (Å²) >= 11 is 0. The Morgan fingerprint density at radius 1 is 1.05 bits per heavy atom. The number of rotatable bonds is 18. The van der Waals surface area contributed by atoms with Gasteiger partial charge in [0.15, 0.2) is 0 Å². The molecule has 42 heavy (non-hydrogen) atoms. The first kappa shape index (κ1) is 35.4. The number of hydrogen-bond acceptors (Lipinski definition) is 11. The van der Waals surface area contributed by atoms with Crippen LogP contribution in [0.1, 0.15) is 65.5 Å². The van der Waals surface area contributed by atoms with Crippen LogP contribution in [0.4, 0.5) is 11.6 Å². The van der Waals surface area contributed by atoms with Gasteiger partial charge in [0.1, 0.15) is 36.7 Å². The minimum absolute atomic E-state index is 0.0514. The smallest absolute Gasteiger partial charge is 0.305 e. The van der Waals surface area contributed by atoms with E-state index in [4.69, 9.17) is 15.2 Å². The van der Waals surface area contributed by atoms with Crippen LogP contribution in [-0.4, -0.2) is 112 Å². The standard InChI is InChI=1S/C29H50N6O7/c1-6-34(7-2)15-12-16-35(8-3)14-11-9-10-13-23(37)41-18-21-25(38)26(39)27(42-21)19(4)17-22(36)32-24-20(5)31-29(30)33-28(24)40/h17,21,25-27,38-39H,6-16,18H2,1-5H3,(H,32,36)(H3,30,31,33,40)/b19-17-/t21-,25?,26?,27+/m0/s1. The number of nitrogen functional groups attached to an aromatic ring is 1. The van der Waals surface area contributed by atoms with E-state index in [0.29, 0.717) is 12.0 Å². The molecule has 1 aromatic heterocycles. The zero-order valence-electron chi connectivity index (χ0n) is 25.7. The molecule has 0 aromatic carbocycles. The minimum atomic E-state index is -1.32. The summed E-state index contributed by atoms with van der Waals surface area (Å²) in [4.78, 5) is 47.9. The molecule has 0 bridgehead atoms. The highest BCUT2D eigenvalue weighted by molar-refractivity contribution is 6.00. The predicted molar refractivity (Wildman–Crippen MR) is 161 cm³/mol. The average Bonchev–Trinajstić information content (AvgIpc) is 3.23. The minimum Gasteiger partial charge on any atom is -0.463 e. The van der Waals surface area contributed by atoms with Gasteiger partial charge in [-0.2, -0.15) is 0 Å². The molecular formula is C29H50N6O7. The van der Waals surface area contributed by atoms with Gasteiger partial charge in [-0.1, -0.05) is 27.2 Å². The molecule has 1 aliphatic rings. The fourth-order valence-corrected chi connectivity index (χ4v) is 4.98. The molecule has 0 saturated carbocycles. The molecule has 13 heteroatoms. The SMILES string of the molecule is CCN(CC)CCCN(CC)CCCCCC(=O)OC[C@@H]1O[C@H](/C(C)=C\C(=O)Nc2c(C)nc(N)[nH]c2=O)C(O)C1O. The fraction of sp³-hybridized carbons (Fsp3) is 0.724. The number of nitrogens with zero attached hydrogens (tertiary/aromatic N) is 3. The van der Waals surface area contributed by atoms with Gasteiger partial charge < -0.3 is 40.5 Å². The zero-order valence-corrected chi connectivity index (χ0v) is 25.7.